The van der Waals surface area contributed by atoms with Gasteiger partial charge in [-0.15, -0.1) is 0 Å². The molecule has 40 heavy (non-hydrogen) atoms. The summed E-state index contributed by atoms with van der Waals surface area (Å²) >= 11 is 19.9. The molecule has 4 aromatic rings. The molecule has 0 saturated carbocycles. The van der Waals surface area contributed by atoms with Gasteiger partial charge in [-0.05, 0) is 38.3 Å². The summed E-state index contributed by atoms with van der Waals surface area (Å²) in [5.74, 6) is -0.361. The first-order valence-electron chi connectivity index (χ1n) is 10.7. The number of carbonyl (C=O) groups excluding carboxylic acids is 1. The summed E-state index contributed by atoms with van der Waals surface area (Å²) in [7, 11) is 0. The van der Waals surface area contributed by atoms with Crippen LogP contribution in [0.3, 0.4) is 0 Å². The first-order valence-corrected chi connectivity index (χ1v) is 13.1. The highest BCUT2D eigenvalue weighted by Gasteiger charge is 2.19. The number of aromatic carboxylic acids is 1. The fraction of sp³-hybridized carbons (Fsp3) is 0.125. The summed E-state index contributed by atoms with van der Waals surface area (Å²) in [6.07, 6.45) is 1.95. The number of carbonyl (C=O) groups is 2. The van der Waals surface area contributed by atoms with Gasteiger partial charge in [0.15, 0.2) is 5.16 Å². The number of aromatic amines is 1. The Labute approximate surface area is 245 Å². The van der Waals surface area contributed by atoms with Crippen molar-refractivity contribution in [1.29, 1.82) is 0 Å². The van der Waals surface area contributed by atoms with Gasteiger partial charge in [0.2, 0.25) is 0 Å². The number of non-ortho nitro benzene ring substituents is 2. The van der Waals surface area contributed by atoms with Gasteiger partial charge in [-0.2, -0.15) is 0 Å². The third-order valence-corrected chi connectivity index (χ3v) is 6.09. The van der Waals surface area contributed by atoms with Crippen molar-refractivity contribution in [2.45, 2.75) is 19.0 Å². The number of nitro benzene ring substituents is 2. The number of nitrogens with one attached hydrogen (secondary N) is 1. The second-order valence-corrected chi connectivity index (χ2v) is 9.65. The van der Waals surface area contributed by atoms with Gasteiger partial charge >= 0.3 is 5.97 Å². The first kappa shape index (κ1) is 32.3. The molecular formula is C24H19Cl3N4O8S. The maximum atomic E-state index is 10.5. The lowest BCUT2D eigenvalue weighted by Crippen LogP contribution is -2.00. The molecule has 3 aromatic carbocycles. The molecule has 16 heteroatoms. The van der Waals surface area contributed by atoms with E-state index in [1.165, 1.54) is 25.6 Å². The van der Waals surface area contributed by atoms with Crippen molar-refractivity contribution in [2.75, 3.05) is 6.26 Å². The molecular weight excluding hydrogens is 611 g/mol. The number of nitrogens with zero attached hydrogens (tertiary/aromatic N) is 3. The molecule has 0 aliphatic carbocycles. The standard InChI is InChI=1S/C14H9Cl3N2OS.C7H4N2O6.C3H6O/c1-21-14-18-9-5-8(16)12(6-10(9)19-14)20-11-4-2-3-7(15)13(11)17;10-7(11)4-1-5(8(12)13)3-6(2-4)9(14)15;1-3(2)4/h2-6H,1H3,(H,18,19);1-3H,(H,10,11);1-2H3. The molecule has 1 aromatic heterocycles. The number of hydrogen-bond donors (Lipinski definition) is 2. The molecule has 210 valence electrons. The lowest BCUT2D eigenvalue weighted by Gasteiger charge is -2.09. The van der Waals surface area contributed by atoms with Gasteiger partial charge < -0.3 is 19.6 Å². The molecule has 2 N–H and O–H groups in total. The summed E-state index contributed by atoms with van der Waals surface area (Å²) in [4.78, 5) is 46.4. The third-order valence-electron chi connectivity index (χ3n) is 4.41. The number of ether oxygens (including phenoxy) is 1. The van der Waals surface area contributed by atoms with Gasteiger partial charge in [0.25, 0.3) is 11.4 Å². The predicted octanol–water partition coefficient (Wildman–Crippen LogP) is 7.83. The second-order valence-electron chi connectivity index (χ2n) is 7.67. The predicted molar refractivity (Wildman–Crippen MR) is 152 cm³/mol. The number of H-pyrrole nitrogens is 1. The zero-order valence-electron chi connectivity index (χ0n) is 20.8. The minimum Gasteiger partial charge on any atom is -0.478 e. The number of hydrogen-bond acceptors (Lipinski definition) is 9. The van der Waals surface area contributed by atoms with Crippen molar-refractivity contribution in [3.63, 3.8) is 0 Å². The average Bonchev–Trinajstić information content (AvgIpc) is 3.28. The highest BCUT2D eigenvalue weighted by molar-refractivity contribution is 7.98. The quantitative estimate of drug-likeness (QED) is 0.121. The number of imidazole rings is 1. The molecule has 0 radical (unpaired) electrons. The Bertz CT molecular complexity index is 1510. The van der Waals surface area contributed by atoms with Gasteiger partial charge in [0, 0.05) is 18.2 Å². The zero-order chi connectivity index (χ0) is 30.1. The van der Waals surface area contributed by atoms with E-state index in [1.54, 1.807) is 30.3 Å². The monoisotopic (exact) mass is 628 g/mol. The van der Waals surface area contributed by atoms with Crippen molar-refractivity contribution in [3.05, 3.63) is 89.4 Å². The fourth-order valence-corrected chi connectivity index (χ4v) is 3.71. The Morgan fingerprint density at radius 3 is 2.02 bits per heavy atom. The summed E-state index contributed by atoms with van der Waals surface area (Å²) in [6.45, 7) is 3.06. The maximum Gasteiger partial charge on any atom is 0.336 e. The molecule has 0 unspecified atom stereocenters. The maximum absolute atomic E-state index is 10.5. The van der Waals surface area contributed by atoms with Crippen molar-refractivity contribution in [3.8, 4) is 11.5 Å². The van der Waals surface area contributed by atoms with E-state index in [0.29, 0.717) is 32.6 Å². The number of fused-ring (bicyclic) bond motifs is 1. The van der Waals surface area contributed by atoms with Crippen LogP contribution >= 0.6 is 46.6 Å². The van der Waals surface area contributed by atoms with Crippen LogP contribution in [0.15, 0.2) is 53.7 Å². The second kappa shape index (κ2) is 14.5. The number of nitro groups is 2. The molecule has 0 amide bonds. The van der Waals surface area contributed by atoms with Gasteiger partial charge in [0.05, 0.1) is 42.6 Å². The van der Waals surface area contributed by atoms with Crippen LogP contribution in [0.1, 0.15) is 24.2 Å². The number of Topliss-reactive ketones (excluding diaryl/α,β-unsaturated/α-hetero) is 1. The largest absolute Gasteiger partial charge is 0.478 e. The molecule has 0 saturated heterocycles. The van der Waals surface area contributed by atoms with E-state index < -0.39 is 32.8 Å². The molecule has 0 bridgehead atoms. The van der Waals surface area contributed by atoms with Crippen LogP contribution in [-0.2, 0) is 4.79 Å². The fourth-order valence-electron chi connectivity index (χ4n) is 2.77. The molecule has 0 aliphatic rings. The summed E-state index contributed by atoms with van der Waals surface area (Å²) in [6, 6.07) is 10.9. The van der Waals surface area contributed by atoms with E-state index in [2.05, 4.69) is 9.97 Å². The van der Waals surface area contributed by atoms with Crippen molar-refractivity contribution in [1.82, 2.24) is 9.97 Å². The summed E-state index contributed by atoms with van der Waals surface area (Å²) in [5.41, 5.74) is -0.107. The van der Waals surface area contributed by atoms with Crippen LogP contribution < -0.4 is 4.74 Å². The van der Waals surface area contributed by atoms with Crippen LogP contribution in [0.4, 0.5) is 11.4 Å². The molecule has 4 rings (SSSR count). The molecule has 0 atom stereocenters. The highest BCUT2D eigenvalue weighted by Crippen LogP contribution is 2.38. The number of thioether (sulfide) groups is 1. The van der Waals surface area contributed by atoms with Gasteiger partial charge in [-0.3, -0.25) is 20.2 Å². The van der Waals surface area contributed by atoms with Crippen molar-refractivity contribution >= 4 is 80.7 Å². The van der Waals surface area contributed by atoms with Gasteiger partial charge in [-0.25, -0.2) is 9.78 Å². The molecule has 1 heterocycles. The molecule has 0 aliphatic heterocycles. The van der Waals surface area contributed by atoms with Crippen LogP contribution in [0.25, 0.3) is 11.0 Å². The van der Waals surface area contributed by atoms with Crippen LogP contribution in [-0.4, -0.2) is 42.9 Å². The van der Waals surface area contributed by atoms with E-state index >= 15 is 0 Å². The number of carboxylic acids is 1. The number of benzene rings is 3. The Kier molecular flexibility index (Phi) is 11.7. The van der Waals surface area contributed by atoms with E-state index in [0.717, 1.165) is 28.3 Å². The first-order chi connectivity index (χ1) is 18.7. The van der Waals surface area contributed by atoms with E-state index in [4.69, 9.17) is 44.6 Å². The highest BCUT2D eigenvalue weighted by atomic mass is 35.5. The normalized spacial score (nSPS) is 10.1. The van der Waals surface area contributed by atoms with E-state index in [1.807, 2.05) is 6.26 Å². The van der Waals surface area contributed by atoms with E-state index in [-0.39, 0.29) is 5.78 Å². The minimum absolute atomic E-state index is 0.167. The number of aromatic nitrogens is 2. The van der Waals surface area contributed by atoms with Crippen molar-refractivity contribution < 1.29 is 29.3 Å². The molecule has 0 spiro atoms. The number of carboxylic acid groups (broad SMARTS) is 1. The van der Waals surface area contributed by atoms with E-state index in [9.17, 15) is 29.8 Å². The molecule has 12 nitrogen and oxygen atoms in total. The Hall–Kier alpha value is -3.91. The number of ketones is 1. The van der Waals surface area contributed by atoms with Gasteiger partial charge in [0.1, 0.15) is 22.3 Å². The van der Waals surface area contributed by atoms with Crippen molar-refractivity contribution in [2.24, 2.45) is 0 Å². The topological polar surface area (TPSA) is 179 Å². The summed E-state index contributed by atoms with van der Waals surface area (Å²) in [5, 5.41) is 31.3. The lowest BCUT2D eigenvalue weighted by molar-refractivity contribution is -0.394. The average molecular weight is 630 g/mol. The lowest BCUT2D eigenvalue weighted by atomic mass is 10.2. The Morgan fingerprint density at radius 1 is 0.950 bits per heavy atom. The Balaban J connectivity index is 0.000000259. The minimum atomic E-state index is -1.46. The zero-order valence-corrected chi connectivity index (χ0v) is 23.9. The number of halogens is 3. The van der Waals surface area contributed by atoms with Crippen LogP contribution in [0.2, 0.25) is 15.1 Å². The Morgan fingerprint density at radius 2 is 1.52 bits per heavy atom. The smallest absolute Gasteiger partial charge is 0.336 e. The third kappa shape index (κ3) is 9.09. The summed E-state index contributed by atoms with van der Waals surface area (Å²) < 4.78 is 5.76. The number of rotatable bonds is 6. The molecule has 0 fully saturated rings. The van der Waals surface area contributed by atoms with Gasteiger partial charge in [-0.1, -0.05) is 52.6 Å². The van der Waals surface area contributed by atoms with Crippen LogP contribution in [0, 0.1) is 20.2 Å². The van der Waals surface area contributed by atoms with Crippen LogP contribution in [0.5, 0.6) is 11.5 Å². The SMILES string of the molecule is CC(C)=O.CSc1nc2cc(Oc3cccc(Cl)c3Cl)c(Cl)cc2[nH]1.O=C(O)c1cc([N+](=O)[O-])cc([N+](=O)[O-])c1.